The van der Waals surface area contributed by atoms with E-state index < -0.39 is 10.0 Å². The van der Waals surface area contributed by atoms with Crippen molar-refractivity contribution in [3.8, 4) is 0 Å². The maximum Gasteiger partial charge on any atom is 0.262 e. The standard InChI is InChI=1S/C23H31N5O3S/c1-16-7-8-21(17(2)13-16)32(30,31)27-19-14-20(23(29)26-18-5-3-4-6-18)22(25-15-19)28-11-9-24-10-12-28/h7-8,13-15,18,24,27H,3-6,9-12H2,1-2H3,(H,26,29). The highest BCUT2D eigenvalue weighted by Gasteiger charge is 2.25. The van der Waals surface area contributed by atoms with Crippen molar-refractivity contribution in [3.05, 3.63) is 47.2 Å². The van der Waals surface area contributed by atoms with Crippen molar-refractivity contribution >= 4 is 27.4 Å². The monoisotopic (exact) mass is 457 g/mol. The summed E-state index contributed by atoms with van der Waals surface area (Å²) in [5.74, 6) is 0.391. The highest BCUT2D eigenvalue weighted by atomic mass is 32.2. The van der Waals surface area contributed by atoms with Gasteiger partial charge in [-0.25, -0.2) is 13.4 Å². The van der Waals surface area contributed by atoms with Crippen LogP contribution in [0.3, 0.4) is 0 Å². The molecule has 0 bridgehead atoms. The highest BCUT2D eigenvalue weighted by molar-refractivity contribution is 7.92. The van der Waals surface area contributed by atoms with Gasteiger partial charge in [-0.1, -0.05) is 30.5 Å². The predicted octanol–water partition coefficient (Wildman–Crippen LogP) is 2.58. The van der Waals surface area contributed by atoms with E-state index in [2.05, 4.69) is 25.2 Å². The van der Waals surface area contributed by atoms with Crippen LogP contribution in [0.4, 0.5) is 11.5 Å². The van der Waals surface area contributed by atoms with E-state index in [4.69, 9.17) is 0 Å². The van der Waals surface area contributed by atoms with Crippen molar-refractivity contribution in [2.75, 3.05) is 35.8 Å². The number of carbonyl (C=O) groups is 1. The summed E-state index contributed by atoms with van der Waals surface area (Å²) in [6, 6.07) is 6.97. The Balaban J connectivity index is 1.64. The molecule has 1 aliphatic heterocycles. The Kier molecular flexibility index (Phi) is 6.66. The average Bonchev–Trinajstić information content (AvgIpc) is 3.27. The van der Waals surface area contributed by atoms with Gasteiger partial charge in [-0.15, -0.1) is 0 Å². The molecule has 1 amide bonds. The van der Waals surface area contributed by atoms with Gasteiger partial charge in [-0.3, -0.25) is 9.52 Å². The molecule has 3 N–H and O–H groups in total. The normalized spacial score (nSPS) is 17.4. The van der Waals surface area contributed by atoms with Gasteiger partial charge in [0.1, 0.15) is 5.82 Å². The Labute approximate surface area is 189 Å². The average molecular weight is 458 g/mol. The van der Waals surface area contributed by atoms with E-state index in [0.717, 1.165) is 57.4 Å². The summed E-state index contributed by atoms with van der Waals surface area (Å²) < 4.78 is 28.7. The van der Waals surface area contributed by atoms with Crippen LogP contribution in [0.5, 0.6) is 0 Å². The van der Waals surface area contributed by atoms with Crippen LogP contribution in [0.25, 0.3) is 0 Å². The van der Waals surface area contributed by atoms with Crippen LogP contribution >= 0.6 is 0 Å². The van der Waals surface area contributed by atoms with Crippen LogP contribution in [0.1, 0.15) is 47.2 Å². The number of amides is 1. The lowest BCUT2D eigenvalue weighted by atomic mass is 10.1. The number of rotatable bonds is 6. The molecule has 172 valence electrons. The number of piperazine rings is 1. The lowest BCUT2D eigenvalue weighted by Crippen LogP contribution is -2.45. The second kappa shape index (κ2) is 9.46. The fourth-order valence-electron chi connectivity index (χ4n) is 4.45. The van der Waals surface area contributed by atoms with Crippen molar-refractivity contribution in [2.24, 2.45) is 0 Å². The smallest absolute Gasteiger partial charge is 0.262 e. The first kappa shape index (κ1) is 22.5. The van der Waals surface area contributed by atoms with Gasteiger partial charge in [0.2, 0.25) is 0 Å². The number of aromatic nitrogens is 1. The van der Waals surface area contributed by atoms with Crippen LogP contribution in [-0.4, -0.2) is 51.5 Å². The molecule has 2 fully saturated rings. The van der Waals surface area contributed by atoms with Crippen molar-refractivity contribution in [2.45, 2.75) is 50.5 Å². The zero-order valence-electron chi connectivity index (χ0n) is 18.6. The van der Waals surface area contributed by atoms with E-state index >= 15 is 0 Å². The molecule has 1 aromatic carbocycles. The topological polar surface area (TPSA) is 103 Å². The van der Waals surface area contributed by atoms with Crippen LogP contribution in [-0.2, 0) is 10.0 Å². The molecule has 1 aliphatic carbocycles. The van der Waals surface area contributed by atoms with E-state index in [1.807, 2.05) is 13.0 Å². The Morgan fingerprint density at radius 1 is 1.12 bits per heavy atom. The number of aryl methyl sites for hydroxylation is 2. The second-order valence-corrected chi connectivity index (χ2v) is 10.3. The largest absolute Gasteiger partial charge is 0.353 e. The van der Waals surface area contributed by atoms with Crippen LogP contribution < -0.4 is 20.3 Å². The lowest BCUT2D eigenvalue weighted by Gasteiger charge is -2.30. The Hall–Kier alpha value is -2.65. The lowest BCUT2D eigenvalue weighted by molar-refractivity contribution is 0.0938. The van der Waals surface area contributed by atoms with E-state index in [9.17, 15) is 13.2 Å². The van der Waals surface area contributed by atoms with Gasteiger partial charge in [0.25, 0.3) is 15.9 Å². The van der Waals surface area contributed by atoms with Gasteiger partial charge in [0.15, 0.2) is 0 Å². The minimum absolute atomic E-state index is 0.161. The quantitative estimate of drug-likeness (QED) is 0.616. The first-order valence-electron chi connectivity index (χ1n) is 11.2. The summed E-state index contributed by atoms with van der Waals surface area (Å²) >= 11 is 0. The number of sulfonamides is 1. The van der Waals surface area contributed by atoms with Gasteiger partial charge >= 0.3 is 0 Å². The Morgan fingerprint density at radius 3 is 2.53 bits per heavy atom. The van der Waals surface area contributed by atoms with Crippen molar-refractivity contribution < 1.29 is 13.2 Å². The van der Waals surface area contributed by atoms with Crippen molar-refractivity contribution in [3.63, 3.8) is 0 Å². The summed E-state index contributed by atoms with van der Waals surface area (Å²) in [6.45, 7) is 6.80. The third-order valence-corrected chi connectivity index (χ3v) is 7.63. The maximum atomic E-state index is 13.2. The van der Waals surface area contributed by atoms with E-state index in [-0.39, 0.29) is 22.5 Å². The van der Waals surface area contributed by atoms with Crippen molar-refractivity contribution in [1.29, 1.82) is 0 Å². The summed E-state index contributed by atoms with van der Waals surface area (Å²) in [5, 5.41) is 6.41. The molecule has 1 saturated heterocycles. The van der Waals surface area contributed by atoms with Gasteiger partial charge in [0, 0.05) is 32.2 Å². The van der Waals surface area contributed by atoms with E-state index in [0.29, 0.717) is 16.9 Å². The Morgan fingerprint density at radius 2 is 1.84 bits per heavy atom. The first-order valence-corrected chi connectivity index (χ1v) is 12.7. The first-order chi connectivity index (χ1) is 15.3. The molecule has 0 radical (unpaired) electrons. The summed E-state index contributed by atoms with van der Waals surface area (Å²) in [6.07, 6.45) is 5.67. The maximum absolute atomic E-state index is 13.2. The third-order valence-electron chi connectivity index (χ3n) is 6.09. The number of hydrogen-bond donors (Lipinski definition) is 3. The highest BCUT2D eigenvalue weighted by Crippen LogP contribution is 2.26. The molecule has 8 nitrogen and oxygen atoms in total. The van der Waals surface area contributed by atoms with Crippen LogP contribution in [0.15, 0.2) is 35.4 Å². The number of hydrogen-bond acceptors (Lipinski definition) is 6. The number of nitrogens with zero attached hydrogens (tertiary/aromatic N) is 2. The summed E-state index contributed by atoms with van der Waals surface area (Å²) in [5.41, 5.74) is 2.34. The van der Waals surface area contributed by atoms with E-state index in [1.54, 1.807) is 25.1 Å². The molecule has 2 aromatic rings. The second-order valence-electron chi connectivity index (χ2n) is 8.66. The zero-order valence-corrected chi connectivity index (χ0v) is 19.5. The fourth-order valence-corrected chi connectivity index (χ4v) is 5.72. The van der Waals surface area contributed by atoms with Gasteiger partial charge < -0.3 is 15.5 Å². The number of anilines is 2. The molecule has 9 heteroatoms. The minimum atomic E-state index is -3.81. The molecule has 0 unspecified atom stereocenters. The molecular formula is C23H31N5O3S. The number of carbonyl (C=O) groups excluding carboxylic acids is 1. The molecule has 4 rings (SSSR count). The van der Waals surface area contributed by atoms with Gasteiger partial charge in [-0.05, 0) is 44.4 Å². The number of pyridine rings is 1. The van der Waals surface area contributed by atoms with Crippen LogP contribution in [0.2, 0.25) is 0 Å². The van der Waals surface area contributed by atoms with Crippen molar-refractivity contribution in [1.82, 2.24) is 15.6 Å². The Bertz CT molecular complexity index is 1090. The number of nitrogens with one attached hydrogen (secondary N) is 3. The zero-order chi connectivity index (χ0) is 22.7. The molecular weight excluding hydrogens is 426 g/mol. The van der Waals surface area contributed by atoms with Gasteiger partial charge in [-0.2, -0.15) is 0 Å². The SMILES string of the molecule is Cc1ccc(S(=O)(=O)Nc2cnc(N3CCNCC3)c(C(=O)NC3CCCC3)c2)c(C)c1. The third kappa shape index (κ3) is 5.05. The van der Waals surface area contributed by atoms with Crippen LogP contribution in [0, 0.1) is 13.8 Å². The summed E-state index contributed by atoms with van der Waals surface area (Å²) in [7, 11) is -3.81. The molecule has 32 heavy (non-hydrogen) atoms. The van der Waals surface area contributed by atoms with Gasteiger partial charge in [0.05, 0.1) is 22.3 Å². The molecule has 1 saturated carbocycles. The molecule has 1 aromatic heterocycles. The predicted molar refractivity (Wildman–Crippen MR) is 126 cm³/mol. The fraction of sp³-hybridized carbons (Fsp3) is 0.478. The molecule has 2 heterocycles. The molecule has 0 spiro atoms. The van der Waals surface area contributed by atoms with E-state index in [1.165, 1.54) is 6.20 Å². The minimum Gasteiger partial charge on any atom is -0.353 e. The molecule has 2 aliphatic rings. The number of benzene rings is 1. The summed E-state index contributed by atoms with van der Waals surface area (Å²) in [4.78, 5) is 20.0. The molecule has 0 atom stereocenters.